The monoisotopic (exact) mass is 422 g/mol. The standard InChI is InChI=1S/C19H26N4O5S/c1-19(2,3)28-18(25)23-12-9-15(10-13-23)22-29(26,27)16-6-4-14(5-7-16)21-17(24)8-11-20/h4-7,15,22H,8-10,12-13H2,1-3H3,(H,21,24). The number of likely N-dealkylation sites (tertiary alicyclic amines) is 1. The number of benzene rings is 1. The SMILES string of the molecule is CC(C)(C)OC(=O)N1CCC(NS(=O)(=O)c2ccc(NC(=O)CC#N)cc2)CC1. The van der Waals surface area contributed by atoms with Crippen LogP contribution < -0.4 is 10.0 Å². The minimum atomic E-state index is -3.73. The number of anilines is 1. The van der Waals surface area contributed by atoms with Crippen LogP contribution in [0.3, 0.4) is 0 Å². The van der Waals surface area contributed by atoms with E-state index in [0.29, 0.717) is 31.6 Å². The van der Waals surface area contributed by atoms with Gasteiger partial charge in [0.2, 0.25) is 15.9 Å². The molecular weight excluding hydrogens is 396 g/mol. The average Bonchev–Trinajstić information content (AvgIpc) is 2.61. The summed E-state index contributed by atoms with van der Waals surface area (Å²) in [4.78, 5) is 25.2. The van der Waals surface area contributed by atoms with Gasteiger partial charge in [-0.2, -0.15) is 5.26 Å². The second kappa shape index (κ2) is 9.24. The molecule has 0 spiro atoms. The Morgan fingerprint density at radius 3 is 2.31 bits per heavy atom. The van der Waals surface area contributed by atoms with E-state index in [0.717, 1.165) is 0 Å². The molecule has 9 nitrogen and oxygen atoms in total. The highest BCUT2D eigenvalue weighted by atomic mass is 32.2. The molecule has 1 fully saturated rings. The number of rotatable bonds is 5. The zero-order valence-corrected chi connectivity index (χ0v) is 17.6. The van der Waals surface area contributed by atoms with Gasteiger partial charge in [-0.25, -0.2) is 17.9 Å². The Hall–Kier alpha value is -2.64. The van der Waals surface area contributed by atoms with Crippen molar-refractivity contribution in [1.29, 1.82) is 5.26 Å². The van der Waals surface area contributed by atoms with Crippen LogP contribution >= 0.6 is 0 Å². The number of hydrogen-bond acceptors (Lipinski definition) is 6. The fourth-order valence-corrected chi connectivity index (χ4v) is 4.09. The number of piperidine rings is 1. The van der Waals surface area contributed by atoms with Crippen molar-refractivity contribution in [2.75, 3.05) is 18.4 Å². The van der Waals surface area contributed by atoms with Crippen molar-refractivity contribution in [3.8, 4) is 6.07 Å². The van der Waals surface area contributed by atoms with Gasteiger partial charge in [0.05, 0.1) is 11.0 Å². The lowest BCUT2D eigenvalue weighted by Gasteiger charge is -2.33. The van der Waals surface area contributed by atoms with E-state index < -0.39 is 27.6 Å². The van der Waals surface area contributed by atoms with Crippen LogP contribution in [-0.2, 0) is 19.6 Å². The van der Waals surface area contributed by atoms with E-state index in [2.05, 4.69) is 10.0 Å². The molecule has 10 heteroatoms. The van der Waals surface area contributed by atoms with Gasteiger partial charge in [-0.05, 0) is 57.9 Å². The smallest absolute Gasteiger partial charge is 0.410 e. The predicted molar refractivity (Wildman–Crippen MR) is 106 cm³/mol. The molecule has 0 atom stereocenters. The molecule has 1 aromatic carbocycles. The summed E-state index contributed by atoms with van der Waals surface area (Å²) in [5.41, 5.74) is -0.162. The van der Waals surface area contributed by atoms with Crippen molar-refractivity contribution in [1.82, 2.24) is 9.62 Å². The Kier molecular flexibility index (Phi) is 7.21. The van der Waals surface area contributed by atoms with Crippen molar-refractivity contribution in [3.05, 3.63) is 24.3 Å². The normalized spacial score (nSPS) is 15.4. The number of nitrogens with one attached hydrogen (secondary N) is 2. The molecule has 1 aromatic rings. The van der Waals surface area contributed by atoms with Gasteiger partial charge < -0.3 is 15.0 Å². The van der Waals surface area contributed by atoms with E-state index in [4.69, 9.17) is 10.00 Å². The van der Waals surface area contributed by atoms with Gasteiger partial charge in [-0.3, -0.25) is 4.79 Å². The molecule has 0 unspecified atom stereocenters. The zero-order valence-electron chi connectivity index (χ0n) is 16.8. The molecule has 0 aliphatic carbocycles. The number of amides is 2. The fraction of sp³-hybridized carbons (Fsp3) is 0.526. The molecular formula is C19H26N4O5S. The van der Waals surface area contributed by atoms with Gasteiger partial charge in [0.25, 0.3) is 0 Å². The first-order valence-electron chi connectivity index (χ1n) is 9.27. The van der Waals surface area contributed by atoms with Gasteiger partial charge in [-0.15, -0.1) is 0 Å². The minimum Gasteiger partial charge on any atom is -0.444 e. The molecule has 29 heavy (non-hydrogen) atoms. The van der Waals surface area contributed by atoms with E-state index in [1.807, 2.05) is 0 Å². The van der Waals surface area contributed by atoms with Crippen LogP contribution in [0.1, 0.15) is 40.0 Å². The van der Waals surface area contributed by atoms with E-state index in [-0.39, 0.29) is 17.4 Å². The zero-order chi connectivity index (χ0) is 21.7. The summed E-state index contributed by atoms with van der Waals surface area (Å²) in [6.07, 6.45) is 0.304. The molecule has 1 heterocycles. The maximum absolute atomic E-state index is 12.6. The largest absolute Gasteiger partial charge is 0.444 e. The van der Waals surface area contributed by atoms with Crippen LogP contribution in [0.2, 0.25) is 0 Å². The quantitative estimate of drug-likeness (QED) is 0.749. The summed E-state index contributed by atoms with van der Waals surface area (Å²) in [5, 5.41) is 11.0. The van der Waals surface area contributed by atoms with Gasteiger partial charge in [0.15, 0.2) is 0 Å². The summed E-state index contributed by atoms with van der Waals surface area (Å²) in [6.45, 7) is 6.21. The average molecular weight is 423 g/mol. The van der Waals surface area contributed by atoms with Gasteiger partial charge >= 0.3 is 6.09 Å². The Labute approximate surface area is 171 Å². The van der Waals surface area contributed by atoms with Crippen molar-refractivity contribution in [2.45, 2.75) is 56.6 Å². The Balaban J connectivity index is 1.91. The number of ether oxygens (including phenoxy) is 1. The highest BCUT2D eigenvalue weighted by molar-refractivity contribution is 7.89. The predicted octanol–water partition coefficient (Wildman–Crippen LogP) is 2.22. The summed E-state index contributed by atoms with van der Waals surface area (Å²) in [5.74, 6) is -0.460. The minimum absolute atomic E-state index is 0.0744. The van der Waals surface area contributed by atoms with Crippen LogP contribution in [0.4, 0.5) is 10.5 Å². The third-order valence-corrected chi connectivity index (χ3v) is 5.69. The molecule has 1 saturated heterocycles. The summed E-state index contributed by atoms with van der Waals surface area (Å²) in [7, 11) is -3.73. The van der Waals surface area contributed by atoms with Crippen LogP contribution in [0, 0.1) is 11.3 Å². The van der Waals surface area contributed by atoms with E-state index in [1.165, 1.54) is 24.3 Å². The molecule has 2 amide bonds. The van der Waals surface area contributed by atoms with Gasteiger partial charge in [-0.1, -0.05) is 0 Å². The lowest BCUT2D eigenvalue weighted by atomic mass is 10.1. The van der Waals surface area contributed by atoms with Crippen LogP contribution in [0.15, 0.2) is 29.2 Å². The Morgan fingerprint density at radius 2 is 1.79 bits per heavy atom. The number of carbonyl (C=O) groups excluding carboxylic acids is 2. The first-order valence-corrected chi connectivity index (χ1v) is 10.8. The Morgan fingerprint density at radius 1 is 1.21 bits per heavy atom. The van der Waals surface area contributed by atoms with Crippen molar-refractivity contribution >= 4 is 27.7 Å². The highest BCUT2D eigenvalue weighted by Gasteiger charge is 2.29. The van der Waals surface area contributed by atoms with E-state index >= 15 is 0 Å². The molecule has 2 N–H and O–H groups in total. The Bertz CT molecular complexity index is 877. The summed E-state index contributed by atoms with van der Waals surface area (Å²) < 4.78 is 33.2. The lowest BCUT2D eigenvalue weighted by molar-refractivity contribution is -0.115. The maximum Gasteiger partial charge on any atom is 0.410 e. The second-order valence-corrected chi connectivity index (χ2v) is 9.48. The van der Waals surface area contributed by atoms with Crippen molar-refractivity contribution in [2.24, 2.45) is 0 Å². The number of carbonyl (C=O) groups is 2. The van der Waals surface area contributed by atoms with Gasteiger partial charge in [0.1, 0.15) is 12.0 Å². The highest BCUT2D eigenvalue weighted by Crippen LogP contribution is 2.19. The maximum atomic E-state index is 12.6. The molecule has 2 rings (SSSR count). The number of nitriles is 1. The first kappa shape index (κ1) is 22.6. The molecule has 0 aromatic heterocycles. The second-order valence-electron chi connectivity index (χ2n) is 7.77. The van der Waals surface area contributed by atoms with E-state index in [9.17, 15) is 18.0 Å². The lowest BCUT2D eigenvalue weighted by Crippen LogP contribution is -2.47. The fourth-order valence-electron chi connectivity index (χ4n) is 2.79. The third kappa shape index (κ3) is 7.03. The molecule has 0 radical (unpaired) electrons. The van der Waals surface area contributed by atoms with Crippen LogP contribution in [0.25, 0.3) is 0 Å². The molecule has 0 bridgehead atoms. The molecule has 0 saturated carbocycles. The number of hydrogen-bond donors (Lipinski definition) is 2. The van der Waals surface area contributed by atoms with Crippen molar-refractivity contribution in [3.63, 3.8) is 0 Å². The van der Waals surface area contributed by atoms with Gasteiger partial charge in [0, 0.05) is 24.8 Å². The third-order valence-electron chi connectivity index (χ3n) is 4.16. The molecule has 1 aliphatic heterocycles. The van der Waals surface area contributed by atoms with Crippen LogP contribution in [0.5, 0.6) is 0 Å². The number of sulfonamides is 1. The summed E-state index contributed by atoms with van der Waals surface area (Å²) >= 11 is 0. The van der Waals surface area contributed by atoms with Crippen LogP contribution in [-0.4, -0.2) is 50.1 Å². The van der Waals surface area contributed by atoms with Crippen molar-refractivity contribution < 1.29 is 22.7 Å². The summed E-state index contributed by atoms with van der Waals surface area (Å²) in [6, 6.07) is 7.17. The van der Waals surface area contributed by atoms with E-state index in [1.54, 1.807) is 31.7 Å². The molecule has 158 valence electrons. The first-order chi connectivity index (χ1) is 13.5. The molecule has 1 aliphatic rings. The topological polar surface area (TPSA) is 129 Å². The number of nitrogens with zero attached hydrogens (tertiary/aromatic N) is 2.